The summed E-state index contributed by atoms with van der Waals surface area (Å²) in [6.07, 6.45) is 2.01. The van der Waals surface area contributed by atoms with E-state index in [0.717, 1.165) is 43.2 Å². The van der Waals surface area contributed by atoms with Crippen LogP contribution in [-0.2, 0) is 19.4 Å². The number of rotatable bonds is 3. The average molecular weight is 337 g/mol. The van der Waals surface area contributed by atoms with Gasteiger partial charge >= 0.3 is 0 Å². The molecule has 0 amide bonds. The molecule has 3 heteroatoms. The number of halogens is 1. The van der Waals surface area contributed by atoms with E-state index < -0.39 is 0 Å². The molecule has 24 heavy (non-hydrogen) atoms. The molecular formula is C21H21ClN2. The van der Waals surface area contributed by atoms with Gasteiger partial charge in [-0.15, -0.1) is 0 Å². The van der Waals surface area contributed by atoms with Crippen molar-refractivity contribution < 1.29 is 0 Å². The zero-order chi connectivity index (χ0) is 16.5. The molecule has 0 saturated heterocycles. The number of fused-ring (bicyclic) bond motifs is 2. The van der Waals surface area contributed by atoms with Crippen molar-refractivity contribution in [3.63, 3.8) is 0 Å². The molecule has 0 bridgehead atoms. The van der Waals surface area contributed by atoms with Crippen molar-refractivity contribution in [3.05, 3.63) is 76.3 Å². The molecule has 3 aromatic rings. The van der Waals surface area contributed by atoms with Gasteiger partial charge in [-0.1, -0.05) is 54.1 Å². The molecular weight excluding hydrogens is 316 g/mol. The van der Waals surface area contributed by atoms with E-state index in [0.29, 0.717) is 0 Å². The van der Waals surface area contributed by atoms with E-state index in [1.807, 2.05) is 12.1 Å². The first-order valence-electron chi connectivity index (χ1n) is 8.47. The number of anilines is 1. The van der Waals surface area contributed by atoms with Crippen molar-refractivity contribution >= 4 is 28.1 Å². The Hall–Kier alpha value is -2.03. The van der Waals surface area contributed by atoms with E-state index in [4.69, 9.17) is 17.3 Å². The first kappa shape index (κ1) is 15.5. The monoisotopic (exact) mass is 336 g/mol. The van der Waals surface area contributed by atoms with Crippen molar-refractivity contribution in [1.82, 2.24) is 4.90 Å². The molecule has 3 aromatic carbocycles. The highest BCUT2D eigenvalue weighted by molar-refractivity contribution is 6.31. The van der Waals surface area contributed by atoms with Crippen LogP contribution in [-0.4, -0.2) is 18.0 Å². The highest BCUT2D eigenvalue weighted by Gasteiger charge is 2.19. The Morgan fingerprint density at radius 3 is 2.71 bits per heavy atom. The van der Waals surface area contributed by atoms with Crippen LogP contribution in [0, 0.1) is 0 Å². The summed E-state index contributed by atoms with van der Waals surface area (Å²) >= 11 is 6.27. The normalized spacial score (nSPS) is 14.7. The third kappa shape index (κ3) is 2.88. The first-order chi connectivity index (χ1) is 11.7. The van der Waals surface area contributed by atoms with Crippen LogP contribution in [0.1, 0.15) is 16.7 Å². The van der Waals surface area contributed by atoms with Crippen molar-refractivity contribution in [1.29, 1.82) is 0 Å². The summed E-state index contributed by atoms with van der Waals surface area (Å²) in [7, 11) is 0. The zero-order valence-electron chi connectivity index (χ0n) is 13.6. The van der Waals surface area contributed by atoms with Gasteiger partial charge in [0.15, 0.2) is 0 Å². The molecule has 0 saturated carbocycles. The van der Waals surface area contributed by atoms with Gasteiger partial charge < -0.3 is 5.73 Å². The lowest BCUT2D eigenvalue weighted by atomic mass is 9.93. The minimum atomic E-state index is 0.866. The van der Waals surface area contributed by atoms with Crippen LogP contribution in [0.5, 0.6) is 0 Å². The largest absolute Gasteiger partial charge is 0.398 e. The molecule has 2 N–H and O–H groups in total. The first-order valence-corrected chi connectivity index (χ1v) is 8.85. The van der Waals surface area contributed by atoms with Crippen LogP contribution in [0.3, 0.4) is 0 Å². The van der Waals surface area contributed by atoms with Crippen LogP contribution in [0.4, 0.5) is 5.69 Å². The smallest absolute Gasteiger partial charge is 0.0438 e. The second-order valence-electron chi connectivity index (χ2n) is 6.52. The number of hydrogen-bond acceptors (Lipinski definition) is 2. The maximum atomic E-state index is 6.43. The standard InChI is InChI=1S/C21H21ClN2/c22-20-8-4-2-5-15(20)9-11-24-12-10-19-17(14-24)13-16-6-1-3-7-18(16)21(19)23/h1-8,13H,9-12,14,23H2. The molecule has 122 valence electrons. The van der Waals surface area contributed by atoms with Gasteiger partial charge in [0.1, 0.15) is 0 Å². The Morgan fingerprint density at radius 1 is 1.04 bits per heavy atom. The lowest BCUT2D eigenvalue weighted by Gasteiger charge is -2.30. The molecule has 0 aliphatic carbocycles. The molecule has 1 heterocycles. The predicted octanol–water partition coefficient (Wildman–Crippen LogP) is 4.68. The van der Waals surface area contributed by atoms with E-state index in [1.165, 1.54) is 27.5 Å². The zero-order valence-corrected chi connectivity index (χ0v) is 14.4. The van der Waals surface area contributed by atoms with Crippen LogP contribution in [0.25, 0.3) is 10.8 Å². The van der Waals surface area contributed by atoms with E-state index in [-0.39, 0.29) is 0 Å². The van der Waals surface area contributed by atoms with E-state index in [1.54, 1.807) is 0 Å². The Labute approximate surface area is 147 Å². The topological polar surface area (TPSA) is 29.3 Å². The molecule has 0 unspecified atom stereocenters. The van der Waals surface area contributed by atoms with Gasteiger partial charge in [0.2, 0.25) is 0 Å². The summed E-state index contributed by atoms with van der Waals surface area (Å²) in [6.45, 7) is 3.05. The number of nitrogens with zero attached hydrogens (tertiary/aromatic N) is 1. The molecule has 0 atom stereocenters. The van der Waals surface area contributed by atoms with Crippen LogP contribution >= 0.6 is 11.6 Å². The fourth-order valence-electron chi connectivity index (χ4n) is 3.68. The minimum absolute atomic E-state index is 0.866. The second-order valence-corrected chi connectivity index (χ2v) is 6.92. The predicted molar refractivity (Wildman–Crippen MR) is 102 cm³/mol. The molecule has 2 nitrogen and oxygen atoms in total. The number of hydrogen-bond donors (Lipinski definition) is 1. The Morgan fingerprint density at radius 2 is 1.83 bits per heavy atom. The van der Waals surface area contributed by atoms with Crippen LogP contribution < -0.4 is 5.73 Å². The molecule has 0 radical (unpaired) electrons. The summed E-state index contributed by atoms with van der Waals surface area (Å²) in [5.74, 6) is 0. The van der Waals surface area contributed by atoms with Crippen molar-refractivity contribution in [2.75, 3.05) is 18.8 Å². The highest BCUT2D eigenvalue weighted by atomic mass is 35.5. The summed E-state index contributed by atoms with van der Waals surface area (Å²) in [5, 5.41) is 3.28. The van der Waals surface area contributed by atoms with Gasteiger partial charge in [0, 0.05) is 35.7 Å². The lowest BCUT2D eigenvalue weighted by Crippen LogP contribution is -2.32. The van der Waals surface area contributed by atoms with Crippen LogP contribution in [0.15, 0.2) is 54.6 Å². The van der Waals surface area contributed by atoms with Gasteiger partial charge in [-0.05, 0) is 47.1 Å². The van der Waals surface area contributed by atoms with E-state index in [2.05, 4.69) is 47.4 Å². The van der Waals surface area contributed by atoms with E-state index >= 15 is 0 Å². The van der Waals surface area contributed by atoms with Gasteiger partial charge in [-0.25, -0.2) is 0 Å². The molecule has 0 fully saturated rings. The summed E-state index contributed by atoms with van der Waals surface area (Å²) in [5.41, 5.74) is 11.3. The minimum Gasteiger partial charge on any atom is -0.398 e. The number of nitrogen functional groups attached to an aromatic ring is 1. The maximum Gasteiger partial charge on any atom is 0.0438 e. The number of benzene rings is 3. The Kier molecular flexibility index (Phi) is 4.17. The summed E-state index contributed by atoms with van der Waals surface area (Å²) in [4.78, 5) is 2.50. The quantitative estimate of drug-likeness (QED) is 0.704. The molecule has 1 aliphatic rings. The molecule has 0 spiro atoms. The van der Waals surface area contributed by atoms with Gasteiger partial charge in [0.25, 0.3) is 0 Å². The maximum absolute atomic E-state index is 6.43. The Bertz CT molecular complexity index is 888. The highest BCUT2D eigenvalue weighted by Crippen LogP contribution is 2.32. The SMILES string of the molecule is Nc1c2c(cc3ccccc13)CN(CCc1ccccc1Cl)CC2. The molecule has 1 aliphatic heterocycles. The molecule has 4 rings (SSSR count). The van der Waals surface area contributed by atoms with Gasteiger partial charge in [-0.3, -0.25) is 4.90 Å². The summed E-state index contributed by atoms with van der Waals surface area (Å²) in [6, 6.07) is 18.8. The van der Waals surface area contributed by atoms with Crippen LogP contribution in [0.2, 0.25) is 5.02 Å². The second kappa shape index (κ2) is 6.46. The van der Waals surface area contributed by atoms with Gasteiger partial charge in [0.05, 0.1) is 0 Å². The van der Waals surface area contributed by atoms with Crippen molar-refractivity contribution in [2.45, 2.75) is 19.4 Å². The molecule has 0 aromatic heterocycles. The Balaban J connectivity index is 1.54. The fourth-order valence-corrected chi connectivity index (χ4v) is 3.91. The van der Waals surface area contributed by atoms with Gasteiger partial charge in [-0.2, -0.15) is 0 Å². The van der Waals surface area contributed by atoms with Crippen molar-refractivity contribution in [2.24, 2.45) is 0 Å². The van der Waals surface area contributed by atoms with E-state index in [9.17, 15) is 0 Å². The lowest BCUT2D eigenvalue weighted by molar-refractivity contribution is 0.258. The summed E-state index contributed by atoms with van der Waals surface area (Å²) < 4.78 is 0. The third-order valence-electron chi connectivity index (χ3n) is 5.02. The average Bonchev–Trinajstić information content (AvgIpc) is 2.61. The fraction of sp³-hybridized carbons (Fsp3) is 0.238. The van der Waals surface area contributed by atoms with Crippen molar-refractivity contribution in [3.8, 4) is 0 Å². The third-order valence-corrected chi connectivity index (χ3v) is 5.39. The number of nitrogens with two attached hydrogens (primary N) is 1.